The van der Waals surface area contributed by atoms with Gasteiger partial charge in [0.25, 0.3) is 0 Å². The molecule has 1 aliphatic heterocycles. The van der Waals surface area contributed by atoms with Crippen molar-refractivity contribution in [1.29, 1.82) is 0 Å². The smallest absolute Gasteiger partial charge is 0.248 e. The first-order chi connectivity index (χ1) is 13.6. The molecule has 0 atom stereocenters. The van der Waals surface area contributed by atoms with Crippen LogP contribution in [0.3, 0.4) is 0 Å². The number of amides is 1. The van der Waals surface area contributed by atoms with Gasteiger partial charge >= 0.3 is 0 Å². The van der Waals surface area contributed by atoms with Crippen LogP contribution in [0.1, 0.15) is 12.8 Å². The lowest BCUT2D eigenvalue weighted by molar-refractivity contribution is -0.118. The van der Waals surface area contributed by atoms with E-state index in [9.17, 15) is 9.18 Å². The molecule has 0 N–H and O–H groups in total. The highest BCUT2D eigenvalue weighted by Crippen LogP contribution is 2.35. The third-order valence-electron chi connectivity index (χ3n) is 4.31. The molecule has 0 unspecified atom stereocenters. The zero-order valence-electron chi connectivity index (χ0n) is 15.3. The van der Waals surface area contributed by atoms with Crippen LogP contribution in [0.2, 0.25) is 0 Å². The molecular formula is C20H19FN2O3S2. The molecule has 0 saturated carbocycles. The molecule has 1 amide bonds. The first-order valence-electron chi connectivity index (χ1n) is 8.95. The fraction of sp³-hybridized carbons (Fsp3) is 0.300. The van der Waals surface area contributed by atoms with Crippen molar-refractivity contribution in [1.82, 2.24) is 4.57 Å². The van der Waals surface area contributed by atoms with Gasteiger partial charge in [-0.05, 0) is 36.4 Å². The monoisotopic (exact) mass is 418 g/mol. The van der Waals surface area contributed by atoms with Gasteiger partial charge in [0.2, 0.25) is 5.91 Å². The summed E-state index contributed by atoms with van der Waals surface area (Å²) in [6.07, 6.45) is 1.10. The van der Waals surface area contributed by atoms with E-state index in [4.69, 9.17) is 9.47 Å². The number of aromatic nitrogens is 1. The highest BCUT2D eigenvalue weighted by Gasteiger charge is 2.15. The molecule has 3 aromatic rings. The van der Waals surface area contributed by atoms with Crippen LogP contribution in [0.5, 0.6) is 11.5 Å². The number of carbonyl (C=O) groups excluding carboxylic acids is 1. The lowest BCUT2D eigenvalue weighted by Crippen LogP contribution is -2.15. The number of nitrogens with zero attached hydrogens (tertiary/aromatic N) is 2. The quantitative estimate of drug-likeness (QED) is 0.461. The lowest BCUT2D eigenvalue weighted by atomic mass is 10.3. The molecule has 2 heterocycles. The maximum Gasteiger partial charge on any atom is 0.248 e. The molecule has 5 nitrogen and oxygen atoms in total. The Morgan fingerprint density at radius 3 is 2.68 bits per heavy atom. The summed E-state index contributed by atoms with van der Waals surface area (Å²) in [7, 11) is 1.89. The summed E-state index contributed by atoms with van der Waals surface area (Å²) < 4.78 is 27.1. The molecule has 1 aromatic heterocycles. The van der Waals surface area contributed by atoms with Crippen molar-refractivity contribution in [2.24, 2.45) is 12.0 Å². The number of hydrogen-bond acceptors (Lipinski definition) is 5. The van der Waals surface area contributed by atoms with E-state index in [1.165, 1.54) is 23.5 Å². The number of halogens is 1. The maximum atomic E-state index is 12.9. The molecule has 0 aliphatic carbocycles. The maximum absolute atomic E-state index is 12.9. The van der Waals surface area contributed by atoms with Crippen LogP contribution in [0.15, 0.2) is 46.3 Å². The highest BCUT2D eigenvalue weighted by molar-refractivity contribution is 7.99. The zero-order chi connectivity index (χ0) is 19.5. The number of aryl methyl sites for hydroxylation is 1. The fourth-order valence-corrected chi connectivity index (χ4v) is 4.78. The summed E-state index contributed by atoms with van der Waals surface area (Å²) in [5.41, 5.74) is 0.965. The third kappa shape index (κ3) is 4.23. The van der Waals surface area contributed by atoms with Crippen LogP contribution in [-0.2, 0) is 11.8 Å². The van der Waals surface area contributed by atoms with Crippen molar-refractivity contribution in [3.63, 3.8) is 0 Å². The SMILES string of the molecule is Cn1c(=NC(=O)CCCSc2ccc(F)cc2)sc2cc3c(cc21)OCCO3. The van der Waals surface area contributed by atoms with Gasteiger partial charge in [-0.1, -0.05) is 11.3 Å². The molecular weight excluding hydrogens is 399 g/mol. The average Bonchev–Trinajstić information content (AvgIpc) is 2.99. The van der Waals surface area contributed by atoms with Crippen LogP contribution >= 0.6 is 23.1 Å². The van der Waals surface area contributed by atoms with Gasteiger partial charge < -0.3 is 14.0 Å². The second kappa shape index (κ2) is 8.36. The van der Waals surface area contributed by atoms with Gasteiger partial charge in [0.15, 0.2) is 16.3 Å². The topological polar surface area (TPSA) is 52.8 Å². The van der Waals surface area contributed by atoms with Crippen molar-refractivity contribution in [2.45, 2.75) is 17.7 Å². The lowest BCUT2D eigenvalue weighted by Gasteiger charge is -2.18. The summed E-state index contributed by atoms with van der Waals surface area (Å²) >= 11 is 3.07. The van der Waals surface area contributed by atoms with Crippen LogP contribution in [0.4, 0.5) is 4.39 Å². The molecule has 0 spiro atoms. The Balaban J connectivity index is 1.41. The molecule has 0 bridgehead atoms. The summed E-state index contributed by atoms with van der Waals surface area (Å²) in [6, 6.07) is 10.3. The first-order valence-corrected chi connectivity index (χ1v) is 10.8. The second-order valence-corrected chi connectivity index (χ2v) is 8.50. The predicted molar refractivity (Wildman–Crippen MR) is 109 cm³/mol. The Morgan fingerprint density at radius 1 is 1.21 bits per heavy atom. The Kier molecular flexibility index (Phi) is 5.68. The van der Waals surface area contributed by atoms with E-state index in [1.807, 2.05) is 23.7 Å². The number of thioether (sulfide) groups is 1. The Hall–Kier alpha value is -2.32. The van der Waals surface area contributed by atoms with Crippen LogP contribution in [-0.4, -0.2) is 29.4 Å². The van der Waals surface area contributed by atoms with E-state index in [0.717, 1.165) is 38.8 Å². The number of fused-ring (bicyclic) bond motifs is 2. The number of benzene rings is 2. The van der Waals surface area contributed by atoms with Crippen LogP contribution < -0.4 is 14.3 Å². The summed E-state index contributed by atoms with van der Waals surface area (Å²) in [6.45, 7) is 1.08. The average molecular weight is 419 g/mol. The van der Waals surface area contributed by atoms with E-state index in [2.05, 4.69) is 4.99 Å². The number of carbonyl (C=O) groups is 1. The van der Waals surface area contributed by atoms with Crippen molar-refractivity contribution in [2.75, 3.05) is 19.0 Å². The van der Waals surface area contributed by atoms with Crippen molar-refractivity contribution in [3.8, 4) is 11.5 Å². The number of ether oxygens (including phenoxy) is 2. The number of hydrogen-bond donors (Lipinski definition) is 0. The first kappa shape index (κ1) is 19.0. The Labute approximate surface area is 169 Å². The third-order valence-corrected chi connectivity index (χ3v) is 6.50. The molecule has 0 saturated heterocycles. The van der Waals surface area contributed by atoms with Crippen molar-refractivity contribution in [3.05, 3.63) is 47.0 Å². The minimum atomic E-state index is -0.242. The second-order valence-electron chi connectivity index (χ2n) is 6.32. The van der Waals surface area contributed by atoms with Crippen LogP contribution in [0, 0.1) is 5.82 Å². The van der Waals surface area contributed by atoms with Gasteiger partial charge in [0, 0.05) is 30.5 Å². The van der Waals surface area contributed by atoms with Gasteiger partial charge in [-0.3, -0.25) is 4.79 Å². The normalized spacial score (nSPS) is 13.9. The molecule has 146 valence electrons. The molecule has 0 radical (unpaired) electrons. The molecule has 8 heteroatoms. The van der Waals surface area contributed by atoms with Gasteiger partial charge in [-0.2, -0.15) is 4.99 Å². The zero-order valence-corrected chi connectivity index (χ0v) is 16.9. The summed E-state index contributed by atoms with van der Waals surface area (Å²) in [4.78, 5) is 18.2. The van der Waals surface area contributed by atoms with E-state index in [-0.39, 0.29) is 11.7 Å². The number of thiazole rings is 1. The summed E-state index contributed by atoms with van der Waals surface area (Å²) in [5, 5.41) is 0. The van der Waals surface area contributed by atoms with Gasteiger partial charge in [0.1, 0.15) is 19.0 Å². The molecule has 0 fully saturated rings. The van der Waals surface area contributed by atoms with Crippen molar-refractivity contribution < 1.29 is 18.7 Å². The summed E-state index contributed by atoms with van der Waals surface area (Å²) in [5.74, 6) is 1.86. The minimum Gasteiger partial charge on any atom is -0.486 e. The molecule has 2 aromatic carbocycles. The predicted octanol–water partition coefficient (Wildman–Crippen LogP) is 4.15. The van der Waals surface area contributed by atoms with Gasteiger partial charge in [0.05, 0.1) is 10.2 Å². The van der Waals surface area contributed by atoms with Gasteiger partial charge in [-0.25, -0.2) is 4.39 Å². The van der Waals surface area contributed by atoms with Gasteiger partial charge in [-0.15, -0.1) is 11.8 Å². The number of rotatable bonds is 5. The Bertz CT molecular complexity index is 1070. The molecule has 4 rings (SSSR count). The fourth-order valence-electron chi connectivity index (χ4n) is 2.88. The molecule has 1 aliphatic rings. The van der Waals surface area contributed by atoms with Crippen LogP contribution in [0.25, 0.3) is 10.2 Å². The highest BCUT2D eigenvalue weighted by atomic mass is 32.2. The van der Waals surface area contributed by atoms with E-state index < -0.39 is 0 Å². The van der Waals surface area contributed by atoms with E-state index in [1.54, 1.807) is 23.9 Å². The Morgan fingerprint density at radius 2 is 1.93 bits per heavy atom. The van der Waals surface area contributed by atoms with E-state index >= 15 is 0 Å². The molecule has 28 heavy (non-hydrogen) atoms. The van der Waals surface area contributed by atoms with E-state index in [0.29, 0.717) is 24.4 Å². The standard InChI is InChI=1S/C20H19FN2O3S2/c1-23-15-11-16-17(26-9-8-25-16)12-18(15)28-20(23)22-19(24)3-2-10-27-14-6-4-13(21)5-7-14/h4-7,11-12H,2-3,8-10H2,1H3. The minimum absolute atomic E-state index is 0.140. The van der Waals surface area contributed by atoms with Crippen molar-refractivity contribution >= 4 is 39.2 Å². The largest absolute Gasteiger partial charge is 0.486 e.